The van der Waals surface area contributed by atoms with Crippen molar-refractivity contribution in [3.05, 3.63) is 41.4 Å². The molecule has 3 rings (SSSR count). The molecule has 3 aromatic rings. The van der Waals surface area contributed by atoms with Crippen molar-refractivity contribution in [3.63, 3.8) is 0 Å². The quantitative estimate of drug-likeness (QED) is 0.750. The summed E-state index contributed by atoms with van der Waals surface area (Å²) in [6, 6.07) is 3.82. The highest BCUT2D eigenvalue weighted by Crippen LogP contribution is 2.19. The van der Waals surface area contributed by atoms with E-state index >= 15 is 0 Å². The predicted octanol–water partition coefficient (Wildman–Crippen LogP) is 2.41. The van der Waals surface area contributed by atoms with Gasteiger partial charge in [-0.05, 0) is 13.0 Å². The Labute approximate surface area is 114 Å². The lowest BCUT2D eigenvalue weighted by Gasteiger charge is -2.06. The van der Waals surface area contributed by atoms with Crippen LogP contribution in [0.1, 0.15) is 5.69 Å². The number of pyridine rings is 1. The van der Waals surface area contributed by atoms with Crippen molar-refractivity contribution in [2.75, 3.05) is 11.1 Å². The van der Waals surface area contributed by atoms with Crippen LogP contribution in [0.2, 0.25) is 5.02 Å². The van der Waals surface area contributed by atoms with E-state index in [1.807, 2.05) is 35.9 Å². The summed E-state index contributed by atoms with van der Waals surface area (Å²) in [5.41, 5.74) is 8.39. The van der Waals surface area contributed by atoms with Crippen LogP contribution in [-0.4, -0.2) is 19.4 Å². The molecular weight excluding hydrogens is 264 g/mol. The number of hydrogen-bond donors (Lipinski definition) is 2. The van der Waals surface area contributed by atoms with Crippen LogP contribution < -0.4 is 11.1 Å². The third-order valence-corrected chi connectivity index (χ3v) is 3.02. The van der Waals surface area contributed by atoms with Crippen LogP contribution in [0.3, 0.4) is 0 Å². The maximum absolute atomic E-state index is 5.77. The van der Waals surface area contributed by atoms with Gasteiger partial charge in [0.15, 0.2) is 0 Å². The molecule has 0 saturated heterocycles. The Balaban J connectivity index is 1.94. The van der Waals surface area contributed by atoms with Crippen LogP contribution in [0, 0.1) is 6.92 Å². The number of rotatable bonds is 2. The van der Waals surface area contributed by atoms with Crippen LogP contribution in [0.25, 0.3) is 5.65 Å². The maximum Gasteiger partial charge on any atom is 0.229 e. The minimum atomic E-state index is 0.247. The number of halogens is 1. The summed E-state index contributed by atoms with van der Waals surface area (Å²) in [5, 5.41) is 3.40. The molecule has 0 amide bonds. The fourth-order valence-electron chi connectivity index (χ4n) is 1.75. The molecule has 3 heterocycles. The van der Waals surface area contributed by atoms with Gasteiger partial charge < -0.3 is 15.5 Å². The molecule has 7 heteroatoms. The average molecular weight is 275 g/mol. The van der Waals surface area contributed by atoms with Gasteiger partial charge >= 0.3 is 0 Å². The molecule has 0 aliphatic rings. The first-order valence-electron chi connectivity index (χ1n) is 5.62. The van der Waals surface area contributed by atoms with Gasteiger partial charge in [0.05, 0.1) is 6.20 Å². The summed E-state index contributed by atoms with van der Waals surface area (Å²) in [5.74, 6) is 0.645. The van der Waals surface area contributed by atoms with Gasteiger partial charge in [-0.15, -0.1) is 0 Å². The molecule has 96 valence electrons. The Kier molecular flexibility index (Phi) is 2.72. The number of aromatic nitrogens is 4. The highest BCUT2D eigenvalue weighted by molar-refractivity contribution is 6.32. The Hall–Kier alpha value is -2.34. The van der Waals surface area contributed by atoms with Crippen LogP contribution in [0.15, 0.2) is 30.7 Å². The number of anilines is 3. The smallest absolute Gasteiger partial charge is 0.229 e. The van der Waals surface area contributed by atoms with E-state index in [1.165, 1.54) is 6.20 Å². The lowest BCUT2D eigenvalue weighted by molar-refractivity contribution is 1.11. The number of aryl methyl sites for hydroxylation is 1. The molecule has 0 saturated carbocycles. The van der Waals surface area contributed by atoms with Gasteiger partial charge in [0.25, 0.3) is 0 Å². The van der Waals surface area contributed by atoms with Crippen molar-refractivity contribution in [2.45, 2.75) is 6.92 Å². The molecule has 0 aliphatic heterocycles. The molecule has 0 fully saturated rings. The molecule has 0 aromatic carbocycles. The molecule has 3 aromatic heterocycles. The van der Waals surface area contributed by atoms with E-state index in [0.29, 0.717) is 11.0 Å². The summed E-state index contributed by atoms with van der Waals surface area (Å²) in [4.78, 5) is 12.4. The van der Waals surface area contributed by atoms with E-state index in [2.05, 4.69) is 20.3 Å². The second kappa shape index (κ2) is 4.40. The lowest BCUT2D eigenvalue weighted by atomic mass is 10.4. The van der Waals surface area contributed by atoms with E-state index in [-0.39, 0.29) is 5.82 Å². The van der Waals surface area contributed by atoms with Crippen molar-refractivity contribution >= 4 is 34.7 Å². The Morgan fingerprint density at radius 2 is 2.16 bits per heavy atom. The average Bonchev–Trinajstić information content (AvgIpc) is 2.75. The first kappa shape index (κ1) is 11.7. The highest BCUT2D eigenvalue weighted by atomic mass is 35.5. The summed E-state index contributed by atoms with van der Waals surface area (Å²) in [7, 11) is 0. The zero-order chi connectivity index (χ0) is 13.4. The number of fused-ring (bicyclic) bond motifs is 1. The molecule has 19 heavy (non-hydrogen) atoms. The molecule has 0 bridgehead atoms. The number of imidazole rings is 1. The number of nitrogens with one attached hydrogen (secondary N) is 1. The van der Waals surface area contributed by atoms with Gasteiger partial charge in [-0.25, -0.2) is 9.97 Å². The van der Waals surface area contributed by atoms with Crippen molar-refractivity contribution in [3.8, 4) is 0 Å². The number of nitrogen functional groups attached to an aromatic ring is 1. The van der Waals surface area contributed by atoms with Crippen LogP contribution in [0.5, 0.6) is 0 Å². The van der Waals surface area contributed by atoms with Gasteiger partial charge in [-0.1, -0.05) is 11.6 Å². The second-order valence-electron chi connectivity index (χ2n) is 4.09. The van der Waals surface area contributed by atoms with Crippen LogP contribution >= 0.6 is 11.6 Å². The van der Waals surface area contributed by atoms with Gasteiger partial charge in [0, 0.05) is 29.8 Å². The van der Waals surface area contributed by atoms with E-state index < -0.39 is 0 Å². The fourth-order valence-corrected chi connectivity index (χ4v) is 1.85. The molecule has 0 unspecified atom stereocenters. The third kappa shape index (κ3) is 2.17. The minimum absolute atomic E-state index is 0.247. The predicted molar refractivity (Wildman–Crippen MR) is 74.7 cm³/mol. The van der Waals surface area contributed by atoms with Gasteiger partial charge in [0.1, 0.15) is 16.5 Å². The van der Waals surface area contributed by atoms with E-state index in [9.17, 15) is 0 Å². The molecule has 3 N–H and O–H groups in total. The number of nitrogens with zero attached hydrogens (tertiary/aromatic N) is 4. The first-order chi connectivity index (χ1) is 9.13. The maximum atomic E-state index is 5.77. The standard InChI is InChI=1S/C12H11ClN6/c1-7-5-15-10-4-8(2-3-19(7)10)17-12-16-6-9(13)11(14)18-12/h2-6H,1H3,(H3,14,16,17,18). The van der Waals surface area contributed by atoms with Gasteiger partial charge in [0.2, 0.25) is 5.95 Å². The highest BCUT2D eigenvalue weighted by Gasteiger charge is 2.04. The second-order valence-corrected chi connectivity index (χ2v) is 4.50. The topological polar surface area (TPSA) is 81.1 Å². The first-order valence-corrected chi connectivity index (χ1v) is 6.00. The van der Waals surface area contributed by atoms with E-state index in [0.717, 1.165) is 17.0 Å². The molecule has 0 aliphatic carbocycles. The molecular formula is C12H11ClN6. The zero-order valence-corrected chi connectivity index (χ0v) is 10.9. The summed E-state index contributed by atoms with van der Waals surface area (Å²) in [6.07, 6.45) is 5.21. The van der Waals surface area contributed by atoms with Gasteiger partial charge in [-0.3, -0.25) is 0 Å². The molecule has 6 nitrogen and oxygen atoms in total. The molecule has 0 radical (unpaired) electrons. The molecule has 0 atom stereocenters. The lowest BCUT2D eigenvalue weighted by Crippen LogP contribution is -2.01. The van der Waals surface area contributed by atoms with Crippen molar-refractivity contribution in [2.24, 2.45) is 0 Å². The van der Waals surface area contributed by atoms with Crippen molar-refractivity contribution in [1.29, 1.82) is 0 Å². The normalized spacial score (nSPS) is 10.8. The number of hydrogen-bond acceptors (Lipinski definition) is 5. The monoisotopic (exact) mass is 274 g/mol. The Morgan fingerprint density at radius 3 is 2.95 bits per heavy atom. The van der Waals surface area contributed by atoms with E-state index in [1.54, 1.807) is 0 Å². The fraction of sp³-hybridized carbons (Fsp3) is 0.0833. The van der Waals surface area contributed by atoms with Crippen molar-refractivity contribution < 1.29 is 0 Å². The SMILES string of the molecule is Cc1cnc2cc(Nc3ncc(Cl)c(N)n3)ccn12. The molecule has 0 spiro atoms. The van der Waals surface area contributed by atoms with Crippen LogP contribution in [-0.2, 0) is 0 Å². The summed E-state index contributed by atoms with van der Waals surface area (Å²) >= 11 is 5.77. The third-order valence-electron chi connectivity index (χ3n) is 2.73. The summed E-state index contributed by atoms with van der Waals surface area (Å²) < 4.78 is 1.99. The largest absolute Gasteiger partial charge is 0.382 e. The minimum Gasteiger partial charge on any atom is -0.382 e. The summed E-state index contributed by atoms with van der Waals surface area (Å²) in [6.45, 7) is 2.00. The van der Waals surface area contributed by atoms with E-state index in [4.69, 9.17) is 17.3 Å². The Bertz CT molecular complexity index is 751. The Morgan fingerprint density at radius 1 is 1.32 bits per heavy atom. The van der Waals surface area contributed by atoms with Gasteiger partial charge in [-0.2, -0.15) is 4.98 Å². The van der Waals surface area contributed by atoms with Crippen LogP contribution in [0.4, 0.5) is 17.5 Å². The van der Waals surface area contributed by atoms with Crippen molar-refractivity contribution in [1.82, 2.24) is 19.4 Å². The number of nitrogens with two attached hydrogens (primary N) is 1. The zero-order valence-electron chi connectivity index (χ0n) is 10.1.